The first-order valence-electron chi connectivity index (χ1n) is 9.36. The van der Waals surface area contributed by atoms with Crippen molar-refractivity contribution in [3.05, 3.63) is 80.8 Å². The molecule has 0 spiro atoms. The average molecular weight is 500 g/mol. The minimum Gasteiger partial charge on any atom is -0.490 e. The van der Waals surface area contributed by atoms with Gasteiger partial charge >= 0.3 is 5.97 Å². The summed E-state index contributed by atoms with van der Waals surface area (Å²) < 4.78 is 16.6. The molecule has 0 amide bonds. The first-order valence-corrected chi connectivity index (χ1v) is 10.9. The number of hydrogen-bond donors (Lipinski definition) is 0. The summed E-state index contributed by atoms with van der Waals surface area (Å²) in [5.74, 6) is 0.416. The zero-order valence-corrected chi connectivity index (χ0v) is 19.3. The lowest BCUT2D eigenvalue weighted by Gasteiger charge is -2.12. The molecule has 3 aromatic carbocycles. The highest BCUT2D eigenvalue weighted by molar-refractivity contribution is 6.55. The van der Waals surface area contributed by atoms with Crippen LogP contribution in [0.25, 0.3) is 10.8 Å². The van der Waals surface area contributed by atoms with Crippen LogP contribution in [0.5, 0.6) is 11.5 Å². The molecule has 0 aromatic heterocycles. The SMILES string of the molecule is O=C(OCCCOc1c(Cl)cc(OCC=C(Cl)Cl)cc1Cl)c1cccc2ccccc12. The van der Waals surface area contributed by atoms with Crippen molar-refractivity contribution in [1.29, 1.82) is 0 Å². The predicted molar refractivity (Wildman–Crippen MR) is 126 cm³/mol. The van der Waals surface area contributed by atoms with E-state index >= 15 is 0 Å². The van der Waals surface area contributed by atoms with Gasteiger partial charge in [-0.2, -0.15) is 0 Å². The number of carbonyl (C=O) groups excluding carboxylic acids is 1. The van der Waals surface area contributed by atoms with Gasteiger partial charge in [-0.05, 0) is 22.9 Å². The van der Waals surface area contributed by atoms with Crippen molar-refractivity contribution < 1.29 is 19.0 Å². The van der Waals surface area contributed by atoms with Crippen LogP contribution in [0.1, 0.15) is 16.8 Å². The van der Waals surface area contributed by atoms with Crippen molar-refractivity contribution in [2.24, 2.45) is 0 Å². The van der Waals surface area contributed by atoms with Gasteiger partial charge < -0.3 is 14.2 Å². The minimum atomic E-state index is -0.375. The molecular weight excluding hydrogens is 482 g/mol. The molecule has 0 fully saturated rings. The average Bonchev–Trinajstić information content (AvgIpc) is 2.74. The van der Waals surface area contributed by atoms with Crippen LogP contribution in [0.2, 0.25) is 10.0 Å². The lowest BCUT2D eigenvalue weighted by molar-refractivity contribution is 0.0488. The number of esters is 1. The summed E-state index contributed by atoms with van der Waals surface area (Å²) in [6.07, 6.45) is 1.97. The summed E-state index contributed by atoms with van der Waals surface area (Å²) in [6.45, 7) is 0.647. The normalized spacial score (nSPS) is 10.6. The standard InChI is InChI=1S/C23H18Cl4O4/c24-19-13-16(29-12-9-21(26)27)14-20(25)22(19)30-10-4-11-31-23(28)18-8-3-6-15-5-1-2-7-17(15)18/h1-3,5-9,13-14H,4,10-12H2. The molecule has 0 aliphatic rings. The van der Waals surface area contributed by atoms with Crippen molar-refractivity contribution in [2.75, 3.05) is 19.8 Å². The van der Waals surface area contributed by atoms with Crippen LogP contribution in [0, 0.1) is 0 Å². The Balaban J connectivity index is 1.49. The maximum atomic E-state index is 12.4. The lowest BCUT2D eigenvalue weighted by Crippen LogP contribution is -2.10. The van der Waals surface area contributed by atoms with Gasteiger partial charge in [0.15, 0.2) is 5.75 Å². The van der Waals surface area contributed by atoms with Gasteiger partial charge in [0, 0.05) is 18.6 Å². The molecule has 4 nitrogen and oxygen atoms in total. The zero-order valence-electron chi connectivity index (χ0n) is 16.2. The molecule has 162 valence electrons. The van der Waals surface area contributed by atoms with Crippen LogP contribution in [-0.2, 0) is 4.74 Å². The second-order valence-corrected chi connectivity index (χ2v) is 8.21. The van der Waals surface area contributed by atoms with Gasteiger partial charge in [0.25, 0.3) is 0 Å². The van der Waals surface area contributed by atoms with Crippen LogP contribution >= 0.6 is 46.4 Å². The molecule has 3 aromatic rings. The van der Waals surface area contributed by atoms with E-state index in [4.69, 9.17) is 60.6 Å². The highest BCUT2D eigenvalue weighted by Crippen LogP contribution is 2.37. The quantitative estimate of drug-likeness (QED) is 0.226. The van der Waals surface area contributed by atoms with Crippen LogP contribution in [0.15, 0.2) is 65.2 Å². The molecule has 0 radical (unpaired) electrons. The molecule has 31 heavy (non-hydrogen) atoms. The highest BCUT2D eigenvalue weighted by Gasteiger charge is 2.13. The fraction of sp³-hybridized carbons (Fsp3) is 0.174. The van der Waals surface area contributed by atoms with Crippen LogP contribution < -0.4 is 9.47 Å². The summed E-state index contributed by atoms with van der Waals surface area (Å²) >= 11 is 23.5. The van der Waals surface area contributed by atoms with E-state index in [9.17, 15) is 4.79 Å². The van der Waals surface area contributed by atoms with E-state index in [1.807, 2.05) is 36.4 Å². The highest BCUT2D eigenvalue weighted by atomic mass is 35.5. The second kappa shape index (κ2) is 11.5. The summed E-state index contributed by atoms with van der Waals surface area (Å²) in [6, 6.07) is 16.4. The number of hydrogen-bond acceptors (Lipinski definition) is 4. The van der Waals surface area contributed by atoms with Gasteiger partial charge in [0.2, 0.25) is 0 Å². The van der Waals surface area contributed by atoms with E-state index in [0.29, 0.717) is 33.5 Å². The van der Waals surface area contributed by atoms with Gasteiger partial charge in [-0.25, -0.2) is 4.79 Å². The maximum absolute atomic E-state index is 12.4. The van der Waals surface area contributed by atoms with Crippen molar-refractivity contribution in [3.8, 4) is 11.5 Å². The molecule has 0 saturated carbocycles. The number of halogens is 4. The number of ether oxygens (including phenoxy) is 3. The minimum absolute atomic E-state index is 0.110. The molecule has 0 aliphatic heterocycles. The molecule has 8 heteroatoms. The third kappa shape index (κ3) is 6.68. The van der Waals surface area contributed by atoms with Gasteiger partial charge in [0.05, 0.1) is 28.8 Å². The molecule has 0 N–H and O–H groups in total. The Bertz CT molecular complexity index is 1070. The van der Waals surface area contributed by atoms with Crippen molar-refractivity contribution >= 4 is 63.1 Å². The molecule has 0 saturated heterocycles. The van der Waals surface area contributed by atoms with Crippen molar-refractivity contribution in [2.45, 2.75) is 6.42 Å². The fourth-order valence-electron chi connectivity index (χ4n) is 2.84. The molecular formula is C23H18Cl4O4. The Kier molecular flexibility index (Phi) is 8.73. The predicted octanol–water partition coefficient (Wildman–Crippen LogP) is 7.47. The van der Waals surface area contributed by atoms with Crippen LogP contribution in [0.4, 0.5) is 0 Å². The summed E-state index contributed by atoms with van der Waals surface area (Å²) in [4.78, 5) is 12.4. The van der Waals surface area contributed by atoms with Gasteiger partial charge in [-0.15, -0.1) is 0 Å². The van der Waals surface area contributed by atoms with E-state index in [2.05, 4.69) is 0 Å². The largest absolute Gasteiger partial charge is 0.490 e. The number of benzene rings is 3. The summed E-state index contributed by atoms with van der Waals surface area (Å²) in [7, 11) is 0. The third-order valence-electron chi connectivity index (χ3n) is 4.24. The number of carbonyl (C=O) groups is 1. The number of rotatable bonds is 9. The van der Waals surface area contributed by atoms with Crippen LogP contribution in [-0.4, -0.2) is 25.8 Å². The van der Waals surface area contributed by atoms with Crippen LogP contribution in [0.3, 0.4) is 0 Å². The Labute approximate surface area is 200 Å². The van der Waals surface area contributed by atoms with Crippen molar-refractivity contribution in [3.63, 3.8) is 0 Å². The molecule has 0 heterocycles. The van der Waals surface area contributed by atoms with E-state index in [0.717, 1.165) is 10.8 Å². The Morgan fingerprint density at radius 1 is 0.903 bits per heavy atom. The lowest BCUT2D eigenvalue weighted by atomic mass is 10.1. The molecule has 0 atom stereocenters. The summed E-state index contributed by atoms with van der Waals surface area (Å²) in [5, 5.41) is 2.45. The molecule has 3 rings (SSSR count). The van der Waals surface area contributed by atoms with E-state index < -0.39 is 0 Å². The maximum Gasteiger partial charge on any atom is 0.338 e. The Morgan fingerprint density at radius 2 is 1.61 bits per heavy atom. The monoisotopic (exact) mass is 498 g/mol. The van der Waals surface area contributed by atoms with Gasteiger partial charge in [-0.1, -0.05) is 82.8 Å². The molecule has 0 unspecified atom stereocenters. The van der Waals surface area contributed by atoms with E-state index in [1.165, 1.54) is 6.08 Å². The van der Waals surface area contributed by atoms with Crippen molar-refractivity contribution in [1.82, 2.24) is 0 Å². The smallest absolute Gasteiger partial charge is 0.338 e. The molecule has 0 bridgehead atoms. The zero-order chi connectivity index (χ0) is 22.2. The fourth-order valence-corrected chi connectivity index (χ4v) is 3.54. The second-order valence-electron chi connectivity index (χ2n) is 6.39. The Hall–Kier alpha value is -2.11. The third-order valence-corrected chi connectivity index (χ3v) is 5.11. The molecule has 0 aliphatic carbocycles. The summed E-state index contributed by atoms with van der Waals surface area (Å²) in [5.41, 5.74) is 0.533. The number of fused-ring (bicyclic) bond motifs is 1. The van der Waals surface area contributed by atoms with E-state index in [-0.39, 0.29) is 30.3 Å². The first-order chi connectivity index (χ1) is 15.0. The Morgan fingerprint density at radius 3 is 2.35 bits per heavy atom. The first kappa shape index (κ1) is 23.6. The topological polar surface area (TPSA) is 44.8 Å². The van der Waals surface area contributed by atoms with Gasteiger partial charge in [-0.3, -0.25) is 0 Å². The van der Waals surface area contributed by atoms with Gasteiger partial charge in [0.1, 0.15) is 16.8 Å². The van der Waals surface area contributed by atoms with E-state index in [1.54, 1.807) is 18.2 Å².